The van der Waals surface area contributed by atoms with Crippen molar-refractivity contribution in [3.63, 3.8) is 0 Å². The minimum absolute atomic E-state index is 0.425. The van der Waals surface area contributed by atoms with E-state index in [-0.39, 0.29) is 0 Å². The van der Waals surface area contributed by atoms with Crippen molar-refractivity contribution < 1.29 is 27.8 Å². The number of nitrogens with zero attached hydrogens (tertiary/aromatic N) is 1. The topological polar surface area (TPSA) is 135 Å². The lowest BCUT2D eigenvalue weighted by atomic mass is 10.1. The number of benzene rings is 1. The zero-order valence-corrected chi connectivity index (χ0v) is 10.1. The Kier molecular flexibility index (Phi) is 3.83. The van der Waals surface area contributed by atoms with Gasteiger partial charge in [-0.2, -0.15) is 0 Å². The number of nitro benzene ring substituents is 1. The Bertz CT molecular complexity index is 504. The summed E-state index contributed by atoms with van der Waals surface area (Å²) in [7, 11) is 0. The number of hydrogen-bond acceptors (Lipinski definition) is 5. The molecule has 1 aromatic carbocycles. The first kappa shape index (κ1) is 13.2. The van der Waals surface area contributed by atoms with Gasteiger partial charge in [0.2, 0.25) is 0 Å². The molecular weight excluding hydrogens is 349 g/mol. The van der Waals surface area contributed by atoms with Gasteiger partial charge in [0.25, 0.3) is 5.69 Å². The van der Waals surface area contributed by atoms with Crippen LogP contribution in [0, 0.1) is 13.7 Å². The number of hydrogen-bond donors (Lipinski definition) is 2. The monoisotopic (exact) mass is 353 g/mol. The van der Waals surface area contributed by atoms with E-state index in [0.717, 1.165) is 6.07 Å². The second-order valence-corrected chi connectivity index (χ2v) is 4.32. The van der Waals surface area contributed by atoms with Crippen LogP contribution in [0.3, 0.4) is 0 Å². The lowest BCUT2D eigenvalue weighted by Gasteiger charge is -2.02. The van der Waals surface area contributed by atoms with Gasteiger partial charge in [0.05, 0.1) is 16.1 Å². The van der Waals surface area contributed by atoms with Crippen LogP contribution in [-0.4, -0.2) is 27.1 Å². The summed E-state index contributed by atoms with van der Waals surface area (Å²) in [5.74, 6) is -3.05. The number of aromatic carboxylic acids is 2. The highest BCUT2D eigenvalue weighted by molar-refractivity contribution is 14.1. The zero-order chi connectivity index (χ0) is 13.2. The van der Waals surface area contributed by atoms with Crippen molar-refractivity contribution >= 4 is 38.8 Å². The van der Waals surface area contributed by atoms with Gasteiger partial charge in [-0.1, -0.05) is 0 Å². The predicted octanol–water partition coefficient (Wildman–Crippen LogP) is 1.48. The standard InChI is InChI=1S/C8H4INO7/c11-7(12)3-1-4(8(13)14)6(9-15)5(2-3)10(16)17/h1-2H,(H,11,12)(H,13,14). The maximum absolute atomic E-state index is 10.9. The van der Waals surface area contributed by atoms with E-state index in [2.05, 4.69) is 0 Å². The molecule has 8 nitrogen and oxygen atoms in total. The summed E-state index contributed by atoms with van der Waals surface area (Å²) in [4.78, 5) is 31.1. The summed E-state index contributed by atoms with van der Waals surface area (Å²) in [6.45, 7) is 0. The van der Waals surface area contributed by atoms with Crippen LogP contribution in [0.4, 0.5) is 5.69 Å². The molecule has 2 N–H and O–H groups in total. The summed E-state index contributed by atoms with van der Waals surface area (Å²) in [6.07, 6.45) is 0. The van der Waals surface area contributed by atoms with Gasteiger partial charge in [0.1, 0.15) is 3.57 Å². The van der Waals surface area contributed by atoms with Crippen LogP contribution >= 0.6 is 21.2 Å². The number of nitro groups is 1. The first-order chi connectivity index (χ1) is 7.88. The van der Waals surface area contributed by atoms with E-state index >= 15 is 0 Å². The van der Waals surface area contributed by atoms with Gasteiger partial charge in [-0.3, -0.25) is 13.2 Å². The Morgan fingerprint density at radius 1 is 1.24 bits per heavy atom. The second kappa shape index (κ2) is 4.95. The van der Waals surface area contributed by atoms with E-state index < -0.39 is 58.4 Å². The summed E-state index contributed by atoms with van der Waals surface area (Å²) >= 11 is -2.10. The molecule has 1 rings (SSSR count). The van der Waals surface area contributed by atoms with Crippen molar-refractivity contribution in [2.45, 2.75) is 0 Å². The Morgan fingerprint density at radius 2 is 1.82 bits per heavy atom. The lowest BCUT2D eigenvalue weighted by Crippen LogP contribution is -2.07. The van der Waals surface area contributed by atoms with E-state index in [4.69, 9.17) is 10.2 Å². The molecule has 1 aromatic rings. The first-order valence-corrected chi connectivity index (χ1v) is 5.90. The van der Waals surface area contributed by atoms with E-state index in [9.17, 15) is 22.8 Å². The lowest BCUT2D eigenvalue weighted by molar-refractivity contribution is -0.385. The maximum atomic E-state index is 10.9. The summed E-state index contributed by atoms with van der Waals surface area (Å²) in [6, 6.07) is 1.45. The van der Waals surface area contributed by atoms with Crippen LogP contribution in [0.2, 0.25) is 0 Å². The van der Waals surface area contributed by atoms with Crippen molar-refractivity contribution in [3.8, 4) is 0 Å². The molecule has 0 heterocycles. The van der Waals surface area contributed by atoms with Gasteiger partial charge in [-0.25, -0.2) is 9.59 Å². The Morgan fingerprint density at radius 3 is 2.18 bits per heavy atom. The first-order valence-electron chi connectivity index (χ1n) is 3.94. The molecule has 0 saturated heterocycles. The van der Waals surface area contributed by atoms with Crippen molar-refractivity contribution in [1.29, 1.82) is 0 Å². The molecule has 0 aromatic heterocycles. The Hall–Kier alpha value is -1.91. The second-order valence-electron chi connectivity index (χ2n) is 2.80. The number of carbonyl (C=O) groups is 2. The molecule has 0 fully saturated rings. The van der Waals surface area contributed by atoms with Crippen LogP contribution < -0.4 is 0 Å². The van der Waals surface area contributed by atoms with Gasteiger partial charge in [-0.15, -0.1) is 0 Å². The Balaban J connectivity index is 3.68. The number of carboxylic acid groups (broad SMARTS) is 2. The normalized spacial score (nSPS) is 9.88. The van der Waals surface area contributed by atoms with Crippen LogP contribution in [-0.2, 0) is 3.07 Å². The van der Waals surface area contributed by atoms with Crippen LogP contribution in [0.15, 0.2) is 12.1 Å². The van der Waals surface area contributed by atoms with Crippen LogP contribution in [0.5, 0.6) is 0 Å². The van der Waals surface area contributed by atoms with Gasteiger partial charge >= 0.3 is 11.9 Å². The average Bonchev–Trinajstić information content (AvgIpc) is 2.26. The van der Waals surface area contributed by atoms with E-state index in [1.54, 1.807) is 0 Å². The molecule has 0 spiro atoms. The van der Waals surface area contributed by atoms with E-state index in [1.165, 1.54) is 0 Å². The molecule has 0 aliphatic rings. The third-order valence-electron chi connectivity index (χ3n) is 1.80. The van der Waals surface area contributed by atoms with Gasteiger partial charge in [0.15, 0.2) is 21.2 Å². The highest BCUT2D eigenvalue weighted by Gasteiger charge is 2.25. The molecule has 0 aliphatic heterocycles. The van der Waals surface area contributed by atoms with Crippen molar-refractivity contribution in [2.75, 3.05) is 0 Å². The molecule has 0 radical (unpaired) electrons. The molecular formula is C8H4INO7. The van der Waals surface area contributed by atoms with E-state index in [1.807, 2.05) is 0 Å². The SMILES string of the molecule is O=Ic1c(C(=O)O)cc(C(=O)O)cc1[N+](=O)[O-]. The number of halogens is 1. The van der Waals surface area contributed by atoms with Gasteiger partial charge in [0, 0.05) is 6.07 Å². The highest BCUT2D eigenvalue weighted by atomic mass is 127. The summed E-state index contributed by atoms with van der Waals surface area (Å²) < 4.78 is 10.4. The molecule has 0 saturated carbocycles. The molecule has 0 amide bonds. The van der Waals surface area contributed by atoms with Crippen molar-refractivity contribution in [2.24, 2.45) is 0 Å². The smallest absolute Gasteiger partial charge is 0.337 e. The molecule has 90 valence electrons. The van der Waals surface area contributed by atoms with Crippen LogP contribution in [0.1, 0.15) is 20.7 Å². The number of carboxylic acids is 2. The largest absolute Gasteiger partial charge is 0.478 e. The van der Waals surface area contributed by atoms with Gasteiger partial charge < -0.3 is 10.2 Å². The zero-order valence-electron chi connectivity index (χ0n) is 7.92. The van der Waals surface area contributed by atoms with Crippen molar-refractivity contribution in [3.05, 3.63) is 36.9 Å². The minimum Gasteiger partial charge on any atom is -0.478 e. The fourth-order valence-corrected chi connectivity index (χ4v) is 2.30. The van der Waals surface area contributed by atoms with Gasteiger partial charge in [-0.05, 0) is 6.07 Å². The molecule has 0 unspecified atom stereocenters. The van der Waals surface area contributed by atoms with Crippen molar-refractivity contribution in [1.82, 2.24) is 0 Å². The number of rotatable bonds is 4. The average molecular weight is 353 g/mol. The quantitative estimate of drug-likeness (QED) is 0.475. The minimum atomic E-state index is -2.10. The molecule has 0 bridgehead atoms. The highest BCUT2D eigenvalue weighted by Crippen LogP contribution is 2.29. The fraction of sp³-hybridized carbons (Fsp3) is 0. The van der Waals surface area contributed by atoms with Crippen LogP contribution in [0.25, 0.3) is 0 Å². The third-order valence-corrected chi connectivity index (χ3v) is 3.38. The molecule has 0 atom stereocenters. The Labute approximate surface area is 104 Å². The molecule has 9 heteroatoms. The molecule has 17 heavy (non-hydrogen) atoms. The maximum Gasteiger partial charge on any atom is 0.337 e. The summed E-state index contributed by atoms with van der Waals surface area (Å²) in [5.41, 5.74) is -1.89. The van der Waals surface area contributed by atoms with E-state index in [0.29, 0.717) is 6.07 Å². The predicted molar refractivity (Wildman–Crippen MR) is 60.4 cm³/mol. The third kappa shape index (κ3) is 2.61. The summed E-state index contributed by atoms with van der Waals surface area (Å²) in [5, 5.41) is 28.1. The molecule has 0 aliphatic carbocycles. The fourth-order valence-electron chi connectivity index (χ4n) is 1.10.